The van der Waals surface area contributed by atoms with E-state index in [1.54, 1.807) is 24.4 Å². The fourth-order valence-corrected chi connectivity index (χ4v) is 2.82. The Hall–Kier alpha value is -0.840. The van der Waals surface area contributed by atoms with Crippen molar-refractivity contribution in [2.45, 2.75) is 5.03 Å². The second-order valence-corrected chi connectivity index (χ2v) is 5.80. The van der Waals surface area contributed by atoms with Crippen LogP contribution in [0.1, 0.15) is 10.4 Å². The van der Waals surface area contributed by atoms with E-state index in [4.69, 9.17) is 11.6 Å². The summed E-state index contributed by atoms with van der Waals surface area (Å²) in [4.78, 5) is 16.1. The predicted octanol–water partition coefficient (Wildman–Crippen LogP) is 4.47. The highest BCUT2D eigenvalue weighted by Crippen LogP contribution is 2.25. The molecule has 92 valence electrons. The molecule has 0 fully saturated rings. The number of halogens is 2. The predicted molar refractivity (Wildman–Crippen MR) is 78.4 cm³/mol. The van der Waals surface area contributed by atoms with Crippen molar-refractivity contribution in [2.24, 2.45) is 0 Å². The lowest BCUT2D eigenvalue weighted by atomic mass is 10.2. The van der Waals surface area contributed by atoms with Crippen molar-refractivity contribution >= 4 is 45.1 Å². The van der Waals surface area contributed by atoms with Gasteiger partial charge in [0.15, 0.2) is 5.78 Å². The van der Waals surface area contributed by atoms with Crippen molar-refractivity contribution in [3.63, 3.8) is 0 Å². The first-order valence-corrected chi connectivity index (χ1v) is 7.34. The number of hydrogen-bond donors (Lipinski definition) is 0. The minimum atomic E-state index is 0.0584. The van der Waals surface area contributed by atoms with Crippen LogP contribution in [0.25, 0.3) is 0 Å². The topological polar surface area (TPSA) is 30.0 Å². The van der Waals surface area contributed by atoms with E-state index in [1.165, 1.54) is 11.8 Å². The van der Waals surface area contributed by atoms with E-state index in [1.807, 2.05) is 18.2 Å². The molecule has 1 heterocycles. The van der Waals surface area contributed by atoms with Gasteiger partial charge >= 0.3 is 0 Å². The highest BCUT2D eigenvalue weighted by Gasteiger charge is 2.09. The zero-order valence-electron chi connectivity index (χ0n) is 9.27. The van der Waals surface area contributed by atoms with Gasteiger partial charge in [-0.15, -0.1) is 0 Å². The van der Waals surface area contributed by atoms with Crippen LogP contribution in [0.4, 0.5) is 0 Å². The van der Waals surface area contributed by atoms with Crippen LogP contribution in [0.15, 0.2) is 52.1 Å². The van der Waals surface area contributed by atoms with E-state index < -0.39 is 0 Å². The van der Waals surface area contributed by atoms with Gasteiger partial charge in [-0.25, -0.2) is 4.98 Å². The van der Waals surface area contributed by atoms with Crippen LogP contribution in [0.5, 0.6) is 0 Å². The summed E-state index contributed by atoms with van der Waals surface area (Å²) in [5.74, 6) is 0.385. The molecule has 2 aromatic rings. The molecule has 0 N–H and O–H groups in total. The molecule has 2 rings (SSSR count). The molecule has 2 nitrogen and oxygen atoms in total. The van der Waals surface area contributed by atoms with Gasteiger partial charge in [0.05, 0.1) is 10.8 Å². The number of hydrogen-bond acceptors (Lipinski definition) is 3. The van der Waals surface area contributed by atoms with Gasteiger partial charge in [-0.2, -0.15) is 0 Å². The SMILES string of the molecule is O=C(CSc1ncccc1Cl)c1cccc(Br)c1. The summed E-state index contributed by atoms with van der Waals surface area (Å²) < 4.78 is 0.897. The first-order valence-electron chi connectivity index (χ1n) is 5.19. The fourth-order valence-electron chi connectivity index (χ4n) is 1.36. The third kappa shape index (κ3) is 3.57. The molecule has 0 aliphatic carbocycles. The molecule has 0 spiro atoms. The smallest absolute Gasteiger partial charge is 0.173 e. The van der Waals surface area contributed by atoms with Crippen LogP contribution in [0.3, 0.4) is 0 Å². The lowest BCUT2D eigenvalue weighted by molar-refractivity contribution is 0.102. The lowest BCUT2D eigenvalue weighted by Crippen LogP contribution is -2.02. The Bertz CT molecular complexity index is 576. The number of ketones is 1. The number of carbonyl (C=O) groups excluding carboxylic acids is 1. The molecule has 18 heavy (non-hydrogen) atoms. The summed E-state index contributed by atoms with van der Waals surface area (Å²) >= 11 is 10.7. The Morgan fingerprint density at radius 1 is 1.33 bits per heavy atom. The van der Waals surface area contributed by atoms with Crippen molar-refractivity contribution in [1.29, 1.82) is 0 Å². The molecule has 0 amide bonds. The minimum Gasteiger partial charge on any atom is -0.293 e. The maximum atomic E-state index is 12.0. The normalized spacial score (nSPS) is 10.3. The molecule has 0 saturated carbocycles. The van der Waals surface area contributed by atoms with E-state index >= 15 is 0 Å². The van der Waals surface area contributed by atoms with Gasteiger partial charge in [0, 0.05) is 16.2 Å². The number of aromatic nitrogens is 1. The molecular formula is C13H9BrClNOS. The van der Waals surface area contributed by atoms with Crippen LogP contribution >= 0.6 is 39.3 Å². The number of nitrogens with zero attached hydrogens (tertiary/aromatic N) is 1. The van der Waals surface area contributed by atoms with Crippen LogP contribution in [-0.4, -0.2) is 16.5 Å². The Labute approximate surface area is 123 Å². The largest absolute Gasteiger partial charge is 0.293 e. The van der Waals surface area contributed by atoms with E-state index in [0.29, 0.717) is 21.4 Å². The van der Waals surface area contributed by atoms with Gasteiger partial charge in [-0.1, -0.05) is 51.4 Å². The number of Topliss-reactive ketones (excluding diaryl/α,β-unsaturated/α-hetero) is 1. The number of carbonyl (C=O) groups is 1. The average Bonchev–Trinajstić information content (AvgIpc) is 2.37. The third-order valence-electron chi connectivity index (χ3n) is 2.21. The molecule has 0 saturated heterocycles. The van der Waals surface area contributed by atoms with Crippen molar-refractivity contribution in [2.75, 3.05) is 5.75 Å². The number of rotatable bonds is 4. The summed E-state index contributed by atoms with van der Waals surface area (Å²) in [6.45, 7) is 0. The van der Waals surface area contributed by atoms with Gasteiger partial charge in [-0.05, 0) is 24.3 Å². The van der Waals surface area contributed by atoms with Crippen molar-refractivity contribution in [3.05, 3.63) is 57.7 Å². The van der Waals surface area contributed by atoms with Gasteiger partial charge in [0.2, 0.25) is 0 Å². The summed E-state index contributed by atoms with van der Waals surface area (Å²) in [6, 6.07) is 10.9. The van der Waals surface area contributed by atoms with Gasteiger partial charge in [0.1, 0.15) is 5.03 Å². The van der Waals surface area contributed by atoms with E-state index in [2.05, 4.69) is 20.9 Å². The second kappa shape index (κ2) is 6.36. The zero-order valence-corrected chi connectivity index (χ0v) is 12.4. The standard InChI is InChI=1S/C13H9BrClNOS/c14-10-4-1-3-9(7-10)12(17)8-18-13-11(15)5-2-6-16-13/h1-7H,8H2. The third-order valence-corrected chi connectivity index (χ3v) is 4.13. The fraction of sp³-hybridized carbons (Fsp3) is 0.0769. The Morgan fingerprint density at radius 3 is 2.89 bits per heavy atom. The highest BCUT2D eigenvalue weighted by atomic mass is 79.9. The highest BCUT2D eigenvalue weighted by molar-refractivity contribution is 9.10. The molecule has 0 bridgehead atoms. The maximum absolute atomic E-state index is 12.0. The monoisotopic (exact) mass is 341 g/mol. The summed E-state index contributed by atoms with van der Waals surface area (Å²) in [7, 11) is 0. The van der Waals surface area contributed by atoms with Crippen molar-refractivity contribution in [1.82, 2.24) is 4.98 Å². The maximum Gasteiger partial charge on any atom is 0.173 e. The molecule has 0 unspecified atom stereocenters. The zero-order chi connectivity index (χ0) is 13.0. The van der Waals surface area contributed by atoms with Crippen LogP contribution in [0, 0.1) is 0 Å². The molecule has 0 aliphatic rings. The van der Waals surface area contributed by atoms with E-state index in [0.717, 1.165) is 4.47 Å². The van der Waals surface area contributed by atoms with Crippen molar-refractivity contribution < 1.29 is 4.79 Å². The van der Waals surface area contributed by atoms with E-state index in [9.17, 15) is 4.79 Å². The summed E-state index contributed by atoms with van der Waals surface area (Å²) in [6.07, 6.45) is 1.66. The average molecular weight is 343 g/mol. The molecule has 0 aliphatic heterocycles. The van der Waals surface area contributed by atoms with Gasteiger partial charge < -0.3 is 0 Å². The Balaban J connectivity index is 2.03. The first kappa shape index (κ1) is 13.6. The summed E-state index contributed by atoms with van der Waals surface area (Å²) in [5.41, 5.74) is 0.684. The molecule has 1 aromatic heterocycles. The molecule has 5 heteroatoms. The molecule has 0 radical (unpaired) electrons. The lowest BCUT2D eigenvalue weighted by Gasteiger charge is -2.03. The number of benzene rings is 1. The van der Waals surface area contributed by atoms with Crippen molar-refractivity contribution in [3.8, 4) is 0 Å². The molecule has 0 atom stereocenters. The van der Waals surface area contributed by atoms with E-state index in [-0.39, 0.29) is 5.78 Å². The number of thioether (sulfide) groups is 1. The quantitative estimate of drug-likeness (QED) is 0.606. The second-order valence-electron chi connectivity index (χ2n) is 3.51. The van der Waals surface area contributed by atoms with Crippen LogP contribution in [0.2, 0.25) is 5.02 Å². The molecular weight excluding hydrogens is 334 g/mol. The Morgan fingerprint density at radius 2 is 2.17 bits per heavy atom. The Kier molecular flexibility index (Phi) is 4.80. The van der Waals surface area contributed by atoms with Crippen LogP contribution in [-0.2, 0) is 0 Å². The van der Waals surface area contributed by atoms with Crippen LogP contribution < -0.4 is 0 Å². The number of pyridine rings is 1. The van der Waals surface area contributed by atoms with Gasteiger partial charge in [-0.3, -0.25) is 4.79 Å². The molecule has 1 aromatic carbocycles. The van der Waals surface area contributed by atoms with Gasteiger partial charge in [0.25, 0.3) is 0 Å². The summed E-state index contributed by atoms with van der Waals surface area (Å²) in [5, 5.41) is 1.26. The minimum absolute atomic E-state index is 0.0584. The first-order chi connectivity index (χ1) is 8.66.